The summed E-state index contributed by atoms with van der Waals surface area (Å²) in [5.41, 5.74) is 7.15. The fourth-order valence-electron chi connectivity index (χ4n) is 4.03. The maximum absolute atomic E-state index is 12.8. The highest BCUT2D eigenvalue weighted by molar-refractivity contribution is 5.96. The zero-order valence-electron chi connectivity index (χ0n) is 21.2. The highest BCUT2D eigenvalue weighted by Crippen LogP contribution is 2.25. The van der Waals surface area contributed by atoms with Crippen molar-refractivity contribution in [3.05, 3.63) is 144 Å². The van der Waals surface area contributed by atoms with Gasteiger partial charge in [0.15, 0.2) is 0 Å². The van der Waals surface area contributed by atoms with E-state index in [0.29, 0.717) is 11.5 Å². The molecule has 0 fully saturated rings. The summed E-state index contributed by atoms with van der Waals surface area (Å²) in [5.74, 6) is -0.254. The molecule has 0 bridgehead atoms. The van der Waals surface area contributed by atoms with Crippen molar-refractivity contribution in [1.29, 1.82) is 0 Å². The van der Waals surface area contributed by atoms with E-state index >= 15 is 0 Å². The maximum atomic E-state index is 12.8. The van der Waals surface area contributed by atoms with Gasteiger partial charge in [-0.3, -0.25) is 0 Å². The van der Waals surface area contributed by atoms with Gasteiger partial charge in [-0.2, -0.15) is 0 Å². The second kappa shape index (κ2) is 11.0. The lowest BCUT2D eigenvalue weighted by Crippen LogP contribution is -2.12. The molecule has 0 saturated carbocycles. The number of benzene rings is 5. The molecule has 0 amide bonds. The Morgan fingerprint density at radius 2 is 0.763 bits per heavy atom. The van der Waals surface area contributed by atoms with Gasteiger partial charge in [0.2, 0.25) is 0 Å². The summed E-state index contributed by atoms with van der Waals surface area (Å²) in [7, 11) is 0. The van der Waals surface area contributed by atoms with Crippen molar-refractivity contribution in [2.24, 2.45) is 0 Å². The van der Waals surface area contributed by atoms with Crippen molar-refractivity contribution in [2.45, 2.75) is 13.8 Å². The lowest BCUT2D eigenvalue weighted by molar-refractivity contribution is 0.0734. The van der Waals surface area contributed by atoms with Crippen molar-refractivity contribution in [1.82, 2.24) is 0 Å². The molecule has 5 aromatic carbocycles. The van der Waals surface area contributed by atoms with Crippen LogP contribution in [0.1, 0.15) is 31.8 Å². The minimum atomic E-state index is -0.551. The molecular weight excluding hydrogens is 472 g/mol. The number of carbonyl (C=O) groups is 2. The summed E-state index contributed by atoms with van der Waals surface area (Å²) >= 11 is 0. The Morgan fingerprint density at radius 3 is 1.11 bits per heavy atom. The summed E-state index contributed by atoms with van der Waals surface area (Å²) in [6.07, 6.45) is 0. The van der Waals surface area contributed by atoms with Gasteiger partial charge in [-0.25, -0.2) is 9.59 Å². The van der Waals surface area contributed by atoms with Crippen LogP contribution in [0.5, 0.6) is 11.5 Å². The van der Waals surface area contributed by atoms with E-state index in [0.717, 1.165) is 22.3 Å². The Kier molecular flexibility index (Phi) is 7.14. The molecule has 186 valence electrons. The highest BCUT2D eigenvalue weighted by Gasteiger charge is 2.14. The predicted molar refractivity (Wildman–Crippen MR) is 150 cm³/mol. The zero-order chi connectivity index (χ0) is 26.5. The van der Waals surface area contributed by atoms with Crippen LogP contribution in [0.2, 0.25) is 0 Å². The Morgan fingerprint density at radius 1 is 0.447 bits per heavy atom. The van der Waals surface area contributed by atoms with Crippen LogP contribution in [-0.4, -0.2) is 11.9 Å². The van der Waals surface area contributed by atoms with E-state index in [4.69, 9.17) is 9.47 Å². The van der Waals surface area contributed by atoms with Crippen LogP contribution in [0.3, 0.4) is 0 Å². The smallest absolute Gasteiger partial charge is 0.343 e. The fraction of sp³-hybridized carbons (Fsp3) is 0.0588. The third-order valence-corrected chi connectivity index (χ3v) is 6.23. The van der Waals surface area contributed by atoms with E-state index < -0.39 is 11.9 Å². The largest absolute Gasteiger partial charge is 0.423 e. The van der Waals surface area contributed by atoms with Crippen LogP contribution in [0.4, 0.5) is 0 Å². The molecular formula is C34H26O4. The first-order chi connectivity index (χ1) is 18.4. The molecule has 5 aromatic rings. The van der Waals surface area contributed by atoms with Gasteiger partial charge in [-0.05, 0) is 78.6 Å². The summed E-state index contributed by atoms with van der Waals surface area (Å²) in [6, 6.07) is 37.4. The van der Waals surface area contributed by atoms with Crippen molar-refractivity contribution < 1.29 is 19.1 Å². The third kappa shape index (κ3) is 5.88. The van der Waals surface area contributed by atoms with Crippen LogP contribution in [-0.2, 0) is 0 Å². The molecule has 4 heteroatoms. The molecule has 0 aliphatic heterocycles. The molecule has 38 heavy (non-hydrogen) atoms. The van der Waals surface area contributed by atoms with Crippen molar-refractivity contribution in [2.75, 3.05) is 0 Å². The quantitative estimate of drug-likeness (QED) is 0.175. The Bertz CT molecular complexity index is 1450. The fourth-order valence-corrected chi connectivity index (χ4v) is 4.03. The molecule has 0 aliphatic carbocycles. The van der Waals surface area contributed by atoms with E-state index in [2.05, 4.69) is 48.5 Å². The van der Waals surface area contributed by atoms with Crippen molar-refractivity contribution in [3.63, 3.8) is 0 Å². The van der Waals surface area contributed by atoms with Gasteiger partial charge in [0.25, 0.3) is 0 Å². The molecule has 0 aliphatic rings. The van der Waals surface area contributed by atoms with Crippen LogP contribution < -0.4 is 9.47 Å². The van der Waals surface area contributed by atoms with Crippen LogP contribution >= 0.6 is 0 Å². The number of aryl methyl sites for hydroxylation is 2. The Labute approximate surface area is 222 Å². The molecule has 0 heterocycles. The van der Waals surface area contributed by atoms with Crippen LogP contribution in [0.15, 0.2) is 121 Å². The summed E-state index contributed by atoms with van der Waals surface area (Å²) in [6.45, 7) is 4.09. The molecule has 0 radical (unpaired) electrons. The Balaban J connectivity index is 1.23. The maximum Gasteiger partial charge on any atom is 0.343 e. The summed E-state index contributed by atoms with van der Waals surface area (Å²) in [4.78, 5) is 25.5. The van der Waals surface area contributed by atoms with Crippen molar-refractivity contribution in [3.8, 4) is 33.8 Å². The van der Waals surface area contributed by atoms with Gasteiger partial charge in [-0.1, -0.05) is 90.0 Å². The average Bonchev–Trinajstić information content (AvgIpc) is 2.95. The van der Waals surface area contributed by atoms with Gasteiger partial charge in [0, 0.05) is 0 Å². The number of ether oxygens (including phenoxy) is 2. The lowest BCUT2D eigenvalue weighted by atomic mass is 10.0. The molecule has 0 saturated heterocycles. The van der Waals surface area contributed by atoms with Crippen molar-refractivity contribution >= 4 is 11.9 Å². The minimum Gasteiger partial charge on any atom is -0.423 e. The molecule has 0 atom stereocenters. The SMILES string of the molecule is Cc1ccc(-c2ccc(OC(=O)c3cccc(C(=O)Oc4ccc(-c5ccc(C)cc5)cc4)c3)cc2)cc1. The van der Waals surface area contributed by atoms with Crippen LogP contribution in [0.25, 0.3) is 22.3 Å². The third-order valence-electron chi connectivity index (χ3n) is 6.23. The number of hydrogen-bond donors (Lipinski definition) is 0. The van der Waals surface area contributed by atoms with Gasteiger partial charge in [-0.15, -0.1) is 0 Å². The topological polar surface area (TPSA) is 52.6 Å². The number of carbonyl (C=O) groups excluding carboxylic acids is 2. The van der Waals surface area contributed by atoms with Gasteiger partial charge in [0.05, 0.1) is 11.1 Å². The van der Waals surface area contributed by atoms with E-state index in [-0.39, 0.29) is 11.1 Å². The van der Waals surface area contributed by atoms with E-state index in [1.165, 1.54) is 17.2 Å². The van der Waals surface area contributed by atoms with E-state index in [1.54, 1.807) is 42.5 Å². The monoisotopic (exact) mass is 498 g/mol. The number of rotatable bonds is 6. The van der Waals surface area contributed by atoms with Gasteiger partial charge in [0.1, 0.15) is 11.5 Å². The second-order valence-electron chi connectivity index (χ2n) is 9.14. The molecule has 0 spiro atoms. The lowest BCUT2D eigenvalue weighted by Gasteiger charge is -2.09. The number of hydrogen-bond acceptors (Lipinski definition) is 4. The first kappa shape index (κ1) is 24.7. The Hall–Kier alpha value is -4.96. The number of esters is 2. The summed E-state index contributed by atoms with van der Waals surface area (Å²) < 4.78 is 11.1. The first-order valence-corrected chi connectivity index (χ1v) is 12.3. The molecule has 4 nitrogen and oxygen atoms in total. The molecule has 0 N–H and O–H groups in total. The molecule has 0 unspecified atom stereocenters. The average molecular weight is 499 g/mol. The highest BCUT2D eigenvalue weighted by atomic mass is 16.5. The predicted octanol–water partition coefficient (Wildman–Crippen LogP) is 8.08. The van der Waals surface area contributed by atoms with E-state index in [9.17, 15) is 9.59 Å². The van der Waals surface area contributed by atoms with Crippen LogP contribution in [0, 0.1) is 13.8 Å². The van der Waals surface area contributed by atoms with E-state index in [1.807, 2.05) is 38.1 Å². The van der Waals surface area contributed by atoms with Gasteiger partial charge >= 0.3 is 11.9 Å². The molecule has 5 rings (SSSR count). The minimum absolute atomic E-state index is 0.261. The second-order valence-corrected chi connectivity index (χ2v) is 9.14. The molecule has 0 aromatic heterocycles. The normalized spacial score (nSPS) is 10.6. The summed E-state index contributed by atoms with van der Waals surface area (Å²) in [5, 5.41) is 0. The zero-order valence-corrected chi connectivity index (χ0v) is 21.2. The first-order valence-electron chi connectivity index (χ1n) is 12.3. The van der Waals surface area contributed by atoms with Gasteiger partial charge < -0.3 is 9.47 Å². The standard InChI is InChI=1S/C34H26O4/c1-23-6-10-25(11-7-23)27-14-18-31(19-15-27)37-33(35)29-4-3-5-30(22-29)34(36)38-32-20-16-28(17-21-32)26-12-8-24(2)9-13-26/h3-22H,1-2H3.